The van der Waals surface area contributed by atoms with Crippen LogP contribution in [0, 0.1) is 0 Å². The van der Waals surface area contributed by atoms with Crippen molar-refractivity contribution in [3.8, 4) is 5.75 Å². The number of amides is 1. The predicted octanol–water partition coefficient (Wildman–Crippen LogP) is 3.10. The lowest BCUT2D eigenvalue weighted by Gasteiger charge is -2.28. The molecule has 2 unspecified atom stereocenters. The Labute approximate surface area is 197 Å². The van der Waals surface area contributed by atoms with Crippen LogP contribution in [0.15, 0.2) is 29.3 Å². The summed E-state index contributed by atoms with van der Waals surface area (Å²) in [6.07, 6.45) is 6.92. The minimum absolute atomic E-state index is 0. The maximum Gasteiger partial charge on any atom is 0.243 e. The number of nitrogens with one attached hydrogen (secondary N) is 2. The lowest BCUT2D eigenvalue weighted by molar-refractivity contribution is -0.127. The van der Waals surface area contributed by atoms with Gasteiger partial charge >= 0.3 is 0 Å². The van der Waals surface area contributed by atoms with E-state index in [1.807, 2.05) is 18.2 Å². The van der Waals surface area contributed by atoms with Crippen molar-refractivity contribution in [2.45, 2.75) is 50.7 Å². The third-order valence-corrected chi connectivity index (χ3v) is 5.41. The van der Waals surface area contributed by atoms with Crippen LogP contribution in [-0.2, 0) is 9.53 Å². The van der Waals surface area contributed by atoms with E-state index in [0.29, 0.717) is 18.7 Å². The summed E-state index contributed by atoms with van der Waals surface area (Å²) < 4.78 is 11.6. The molecule has 1 aromatic carbocycles. The Bertz CT molecular complexity index is 693. The first kappa shape index (κ1) is 24.7. The zero-order valence-corrected chi connectivity index (χ0v) is 20.4. The third-order valence-electron chi connectivity index (χ3n) is 5.41. The average molecular weight is 530 g/mol. The fourth-order valence-corrected chi connectivity index (χ4v) is 3.67. The summed E-state index contributed by atoms with van der Waals surface area (Å²) in [5.74, 6) is 1.56. The molecular formula is C22H35IN4O3. The highest BCUT2D eigenvalue weighted by Crippen LogP contribution is 2.31. The van der Waals surface area contributed by atoms with E-state index in [9.17, 15) is 4.79 Å². The van der Waals surface area contributed by atoms with Gasteiger partial charge in [0.1, 0.15) is 12.3 Å². The van der Waals surface area contributed by atoms with E-state index in [2.05, 4.69) is 21.7 Å². The van der Waals surface area contributed by atoms with Gasteiger partial charge in [-0.15, -0.1) is 24.0 Å². The predicted molar refractivity (Wildman–Crippen MR) is 130 cm³/mol. The number of aliphatic imine (C=N–C) groups is 1. The molecule has 0 bridgehead atoms. The molecule has 0 spiro atoms. The van der Waals surface area contributed by atoms with Crippen molar-refractivity contribution in [2.75, 3.05) is 40.4 Å². The minimum Gasteiger partial charge on any atom is -0.493 e. The van der Waals surface area contributed by atoms with Crippen LogP contribution in [0.4, 0.5) is 0 Å². The third kappa shape index (κ3) is 7.61. The zero-order chi connectivity index (χ0) is 20.5. The molecule has 2 aliphatic heterocycles. The van der Waals surface area contributed by atoms with Gasteiger partial charge in [-0.1, -0.05) is 18.2 Å². The molecule has 2 N–H and O–H groups in total. The lowest BCUT2D eigenvalue weighted by atomic mass is 10.0. The van der Waals surface area contributed by atoms with Crippen molar-refractivity contribution in [2.24, 2.45) is 4.99 Å². The van der Waals surface area contributed by atoms with Crippen molar-refractivity contribution < 1.29 is 14.3 Å². The van der Waals surface area contributed by atoms with E-state index in [1.165, 1.54) is 12.8 Å². The molecular weight excluding hydrogens is 495 g/mol. The van der Waals surface area contributed by atoms with Crippen molar-refractivity contribution in [1.29, 1.82) is 0 Å². The van der Waals surface area contributed by atoms with Gasteiger partial charge in [0.25, 0.3) is 0 Å². The molecule has 1 fully saturated rings. The van der Waals surface area contributed by atoms with Crippen molar-refractivity contribution in [3.05, 3.63) is 29.8 Å². The molecule has 8 heteroatoms. The van der Waals surface area contributed by atoms with Gasteiger partial charge in [0.15, 0.2) is 5.96 Å². The van der Waals surface area contributed by atoms with Crippen LogP contribution in [0.25, 0.3) is 0 Å². The zero-order valence-electron chi connectivity index (χ0n) is 18.1. The van der Waals surface area contributed by atoms with E-state index < -0.39 is 0 Å². The van der Waals surface area contributed by atoms with Crippen molar-refractivity contribution in [1.82, 2.24) is 15.5 Å². The van der Waals surface area contributed by atoms with E-state index in [4.69, 9.17) is 9.47 Å². The van der Waals surface area contributed by atoms with Crippen molar-refractivity contribution >= 4 is 35.8 Å². The number of hydrogen-bond donors (Lipinski definition) is 2. The second kappa shape index (κ2) is 13.0. The molecule has 1 aromatic rings. The maximum atomic E-state index is 12.0. The van der Waals surface area contributed by atoms with Gasteiger partial charge in [-0.2, -0.15) is 0 Å². The number of benzene rings is 1. The first-order valence-corrected chi connectivity index (χ1v) is 10.7. The Hall–Kier alpha value is -1.55. The summed E-state index contributed by atoms with van der Waals surface area (Å²) >= 11 is 0. The Morgan fingerprint density at radius 3 is 2.80 bits per heavy atom. The van der Waals surface area contributed by atoms with Gasteiger partial charge in [-0.25, -0.2) is 4.99 Å². The van der Waals surface area contributed by atoms with Crippen LogP contribution in [-0.4, -0.2) is 63.3 Å². The molecule has 2 aliphatic rings. The van der Waals surface area contributed by atoms with Crippen LogP contribution < -0.4 is 15.4 Å². The molecule has 30 heavy (non-hydrogen) atoms. The monoisotopic (exact) mass is 530 g/mol. The average Bonchev–Trinajstić information content (AvgIpc) is 2.75. The van der Waals surface area contributed by atoms with Gasteiger partial charge in [0.2, 0.25) is 5.91 Å². The van der Waals surface area contributed by atoms with Gasteiger partial charge in [0.05, 0.1) is 18.8 Å². The number of guanidine groups is 1. The Morgan fingerprint density at radius 1 is 1.20 bits per heavy atom. The molecule has 0 radical (unpaired) electrons. The largest absolute Gasteiger partial charge is 0.493 e. The molecule has 7 nitrogen and oxygen atoms in total. The number of carbonyl (C=O) groups is 1. The molecule has 2 heterocycles. The number of fused-ring (bicyclic) bond motifs is 1. The summed E-state index contributed by atoms with van der Waals surface area (Å²) in [7, 11) is 3.49. The first-order valence-electron chi connectivity index (χ1n) is 10.7. The normalized spacial score (nSPS) is 20.9. The number of ether oxygens (including phenoxy) is 2. The van der Waals surface area contributed by atoms with Gasteiger partial charge in [-0.05, 0) is 38.2 Å². The molecule has 0 aliphatic carbocycles. The molecule has 3 rings (SSSR count). The standard InChI is InChI=1S/C22H34N4O3.HI/c1-26(2)21(27)16-24-22(23-13-7-9-17-8-5-6-14-28-17)25-19-12-15-29-20-11-4-3-10-18(19)20;/h3-4,10-11,17,19H,5-9,12-16H2,1-2H3,(H2,23,24,25);1H. The number of halogens is 1. The minimum atomic E-state index is -0.0194. The summed E-state index contributed by atoms with van der Waals surface area (Å²) in [4.78, 5) is 18.1. The Kier molecular flexibility index (Phi) is 10.7. The topological polar surface area (TPSA) is 75.2 Å². The van der Waals surface area contributed by atoms with Crippen LogP contribution in [0.5, 0.6) is 5.75 Å². The highest BCUT2D eigenvalue weighted by atomic mass is 127. The van der Waals surface area contributed by atoms with Gasteiger partial charge < -0.3 is 25.0 Å². The molecule has 168 valence electrons. The Balaban J connectivity index is 0.00000320. The smallest absolute Gasteiger partial charge is 0.243 e. The number of rotatable bonds is 7. The number of nitrogens with zero attached hydrogens (tertiary/aromatic N) is 2. The first-order chi connectivity index (χ1) is 14.1. The molecule has 0 aromatic heterocycles. The van der Waals surface area contributed by atoms with Crippen LogP contribution in [0.1, 0.15) is 50.1 Å². The van der Waals surface area contributed by atoms with E-state index in [-0.39, 0.29) is 42.5 Å². The second-order valence-electron chi connectivity index (χ2n) is 7.88. The summed E-state index contributed by atoms with van der Waals surface area (Å²) in [6.45, 7) is 2.48. The molecule has 1 amide bonds. The van der Waals surface area contributed by atoms with Crippen LogP contribution in [0.3, 0.4) is 0 Å². The highest BCUT2D eigenvalue weighted by Gasteiger charge is 2.22. The summed E-state index contributed by atoms with van der Waals surface area (Å²) in [5.41, 5.74) is 1.13. The SMILES string of the molecule is CN(C)C(=O)CN=C(NCCCC1CCCCO1)NC1CCOc2ccccc21.I. The molecule has 1 saturated heterocycles. The number of hydrogen-bond acceptors (Lipinski definition) is 4. The second-order valence-corrected chi connectivity index (χ2v) is 7.88. The summed E-state index contributed by atoms with van der Waals surface area (Å²) in [6, 6.07) is 8.19. The number of carbonyl (C=O) groups excluding carboxylic acids is 1. The van der Waals surface area contributed by atoms with Crippen LogP contribution >= 0.6 is 24.0 Å². The van der Waals surface area contributed by atoms with E-state index >= 15 is 0 Å². The lowest BCUT2D eigenvalue weighted by Crippen LogP contribution is -2.42. The fraction of sp³-hybridized carbons (Fsp3) is 0.636. The van der Waals surface area contributed by atoms with E-state index in [1.54, 1.807) is 19.0 Å². The quantitative estimate of drug-likeness (QED) is 0.245. The maximum absolute atomic E-state index is 12.0. The van der Waals surface area contributed by atoms with Gasteiger partial charge in [0, 0.05) is 39.2 Å². The summed E-state index contributed by atoms with van der Waals surface area (Å²) in [5, 5.41) is 6.91. The number of likely N-dealkylation sites (N-methyl/N-ethyl adjacent to an activating group) is 1. The molecule has 2 atom stereocenters. The highest BCUT2D eigenvalue weighted by molar-refractivity contribution is 14.0. The molecule has 0 saturated carbocycles. The Morgan fingerprint density at radius 2 is 2.03 bits per heavy atom. The van der Waals surface area contributed by atoms with Crippen molar-refractivity contribution in [3.63, 3.8) is 0 Å². The van der Waals surface area contributed by atoms with E-state index in [0.717, 1.165) is 50.1 Å². The van der Waals surface area contributed by atoms with Gasteiger partial charge in [-0.3, -0.25) is 4.79 Å². The fourth-order valence-electron chi connectivity index (χ4n) is 3.67. The number of para-hydroxylation sites is 1. The van der Waals surface area contributed by atoms with Crippen LogP contribution in [0.2, 0.25) is 0 Å².